The first kappa shape index (κ1) is 18.6. The zero-order chi connectivity index (χ0) is 19.1. The molecule has 0 saturated heterocycles. The Morgan fingerprint density at radius 3 is 2.58 bits per heavy atom. The number of aromatic nitrogens is 3. The normalized spacial score (nSPS) is 13.0. The van der Waals surface area contributed by atoms with E-state index in [2.05, 4.69) is 36.2 Å². The van der Waals surface area contributed by atoms with Gasteiger partial charge in [-0.25, -0.2) is 15.0 Å². The topological polar surface area (TPSA) is 50.7 Å². The summed E-state index contributed by atoms with van der Waals surface area (Å²) in [5.41, 5.74) is 0.662. The third-order valence-electron chi connectivity index (χ3n) is 4.13. The Morgan fingerprint density at radius 2 is 1.88 bits per heavy atom. The predicted molar refractivity (Wildman–Crippen MR) is 98.0 cm³/mol. The Morgan fingerprint density at radius 1 is 1.15 bits per heavy atom. The molecular formula is C18H16BrF3N4. The summed E-state index contributed by atoms with van der Waals surface area (Å²) < 4.78 is 40.3. The molecule has 0 fully saturated rings. The van der Waals surface area contributed by atoms with E-state index in [-0.39, 0.29) is 11.6 Å². The highest BCUT2D eigenvalue weighted by Gasteiger charge is 2.33. The minimum atomic E-state index is -4.38. The smallest absolute Gasteiger partial charge is 0.363 e. The van der Waals surface area contributed by atoms with Gasteiger partial charge in [0.25, 0.3) is 0 Å². The highest BCUT2D eigenvalue weighted by Crippen LogP contribution is 2.35. The fourth-order valence-electron chi connectivity index (χ4n) is 2.92. The SMILES string of the molecule is Cc1nc(NC(C)c2cccc(C(F)(F)F)c2C)c2cc(Br)cnc2n1. The van der Waals surface area contributed by atoms with Crippen LogP contribution in [0.4, 0.5) is 19.0 Å². The Kier molecular flexibility index (Phi) is 4.88. The van der Waals surface area contributed by atoms with E-state index < -0.39 is 11.7 Å². The molecule has 0 aliphatic heterocycles. The van der Waals surface area contributed by atoms with Gasteiger partial charge in [-0.2, -0.15) is 13.2 Å². The molecule has 1 N–H and O–H groups in total. The molecule has 136 valence electrons. The number of anilines is 1. The van der Waals surface area contributed by atoms with Gasteiger partial charge in [0.2, 0.25) is 0 Å². The molecule has 1 aromatic carbocycles. The lowest BCUT2D eigenvalue weighted by Crippen LogP contribution is -2.14. The standard InChI is InChI=1S/C18H16BrF3N4/c1-9-13(5-4-6-15(9)18(20,21)22)10(2)24-17-14-7-12(19)8-23-16(14)25-11(3)26-17/h4-8,10H,1-3H3,(H,23,24,25,26). The maximum absolute atomic E-state index is 13.2. The molecule has 2 aromatic heterocycles. The fraction of sp³-hybridized carbons (Fsp3) is 0.278. The van der Waals surface area contributed by atoms with E-state index in [9.17, 15) is 13.2 Å². The van der Waals surface area contributed by atoms with Crippen LogP contribution in [0.15, 0.2) is 34.9 Å². The highest BCUT2D eigenvalue weighted by atomic mass is 79.9. The van der Waals surface area contributed by atoms with Crippen molar-refractivity contribution in [2.75, 3.05) is 5.32 Å². The van der Waals surface area contributed by atoms with Gasteiger partial charge in [0.1, 0.15) is 11.6 Å². The summed E-state index contributed by atoms with van der Waals surface area (Å²) in [4.78, 5) is 13.0. The van der Waals surface area contributed by atoms with Crippen LogP contribution >= 0.6 is 15.9 Å². The van der Waals surface area contributed by atoms with Crippen LogP contribution in [0.1, 0.15) is 35.5 Å². The molecule has 0 aliphatic rings. The molecule has 1 unspecified atom stereocenters. The molecule has 0 amide bonds. The first-order valence-corrected chi connectivity index (χ1v) is 8.69. The lowest BCUT2D eigenvalue weighted by atomic mass is 9.97. The van der Waals surface area contributed by atoms with Gasteiger partial charge in [-0.05, 0) is 60.0 Å². The number of aryl methyl sites for hydroxylation is 1. The van der Waals surface area contributed by atoms with Gasteiger partial charge in [-0.3, -0.25) is 0 Å². The number of alkyl halides is 3. The van der Waals surface area contributed by atoms with Crippen LogP contribution in [0.5, 0.6) is 0 Å². The van der Waals surface area contributed by atoms with E-state index in [1.54, 1.807) is 26.1 Å². The van der Waals surface area contributed by atoms with Crippen molar-refractivity contribution in [1.29, 1.82) is 0 Å². The molecule has 8 heteroatoms. The molecule has 0 spiro atoms. The minimum Gasteiger partial charge on any atom is -0.363 e. The maximum atomic E-state index is 13.2. The molecule has 0 aliphatic carbocycles. The Hall–Kier alpha value is -2.22. The monoisotopic (exact) mass is 424 g/mol. The van der Waals surface area contributed by atoms with Crippen LogP contribution < -0.4 is 5.32 Å². The van der Waals surface area contributed by atoms with E-state index in [1.165, 1.54) is 13.0 Å². The number of rotatable bonds is 3. The van der Waals surface area contributed by atoms with Gasteiger partial charge < -0.3 is 5.32 Å². The summed E-state index contributed by atoms with van der Waals surface area (Å²) in [5.74, 6) is 1.06. The summed E-state index contributed by atoms with van der Waals surface area (Å²) in [6.07, 6.45) is -2.74. The summed E-state index contributed by atoms with van der Waals surface area (Å²) >= 11 is 3.37. The van der Waals surface area contributed by atoms with Crippen molar-refractivity contribution in [2.45, 2.75) is 33.0 Å². The minimum absolute atomic E-state index is 0.203. The van der Waals surface area contributed by atoms with Crippen molar-refractivity contribution >= 4 is 32.8 Å². The zero-order valence-corrected chi connectivity index (χ0v) is 15.9. The van der Waals surface area contributed by atoms with Crippen molar-refractivity contribution in [3.8, 4) is 0 Å². The predicted octanol–water partition coefficient (Wildman–Crippen LogP) is 5.60. The quantitative estimate of drug-likeness (QED) is 0.594. The number of hydrogen-bond donors (Lipinski definition) is 1. The van der Waals surface area contributed by atoms with E-state index in [1.807, 2.05) is 6.07 Å². The first-order valence-electron chi connectivity index (χ1n) is 7.90. The number of pyridine rings is 1. The number of fused-ring (bicyclic) bond motifs is 1. The number of nitrogens with one attached hydrogen (secondary N) is 1. The molecule has 26 heavy (non-hydrogen) atoms. The number of nitrogens with zero attached hydrogens (tertiary/aromatic N) is 3. The van der Waals surface area contributed by atoms with Crippen LogP contribution in [0, 0.1) is 13.8 Å². The Bertz CT molecular complexity index is 973. The van der Waals surface area contributed by atoms with E-state index in [4.69, 9.17) is 0 Å². The van der Waals surface area contributed by atoms with E-state index >= 15 is 0 Å². The number of halogens is 4. The van der Waals surface area contributed by atoms with Crippen molar-refractivity contribution in [3.05, 3.63) is 57.4 Å². The summed E-state index contributed by atoms with van der Waals surface area (Å²) in [5, 5.41) is 3.91. The second-order valence-electron chi connectivity index (χ2n) is 6.03. The molecule has 0 saturated carbocycles. The van der Waals surface area contributed by atoms with Gasteiger partial charge in [0.15, 0.2) is 5.65 Å². The Balaban J connectivity index is 2.03. The molecule has 3 aromatic rings. The van der Waals surface area contributed by atoms with Crippen molar-refractivity contribution in [2.24, 2.45) is 0 Å². The molecule has 1 atom stereocenters. The van der Waals surface area contributed by atoms with Crippen LogP contribution in [-0.4, -0.2) is 15.0 Å². The molecule has 2 heterocycles. The number of benzene rings is 1. The van der Waals surface area contributed by atoms with Gasteiger partial charge in [0.05, 0.1) is 17.0 Å². The average molecular weight is 425 g/mol. The largest absolute Gasteiger partial charge is 0.416 e. The van der Waals surface area contributed by atoms with Crippen molar-refractivity contribution in [3.63, 3.8) is 0 Å². The second-order valence-corrected chi connectivity index (χ2v) is 6.94. The molecule has 3 rings (SSSR count). The maximum Gasteiger partial charge on any atom is 0.416 e. The highest BCUT2D eigenvalue weighted by molar-refractivity contribution is 9.10. The zero-order valence-electron chi connectivity index (χ0n) is 14.3. The lowest BCUT2D eigenvalue weighted by molar-refractivity contribution is -0.138. The first-order chi connectivity index (χ1) is 12.2. The van der Waals surface area contributed by atoms with Crippen LogP contribution in [0.3, 0.4) is 0 Å². The average Bonchev–Trinajstić information content (AvgIpc) is 2.54. The molecule has 4 nitrogen and oxygen atoms in total. The molecule has 0 radical (unpaired) electrons. The number of hydrogen-bond acceptors (Lipinski definition) is 4. The molecular weight excluding hydrogens is 409 g/mol. The van der Waals surface area contributed by atoms with Crippen molar-refractivity contribution in [1.82, 2.24) is 15.0 Å². The van der Waals surface area contributed by atoms with Crippen LogP contribution in [0.25, 0.3) is 11.0 Å². The lowest BCUT2D eigenvalue weighted by Gasteiger charge is -2.21. The van der Waals surface area contributed by atoms with Crippen molar-refractivity contribution < 1.29 is 13.2 Å². The van der Waals surface area contributed by atoms with Gasteiger partial charge >= 0.3 is 6.18 Å². The van der Waals surface area contributed by atoms with E-state index in [0.29, 0.717) is 28.2 Å². The fourth-order valence-corrected chi connectivity index (χ4v) is 3.25. The summed E-state index contributed by atoms with van der Waals surface area (Å²) in [6.45, 7) is 5.03. The third kappa shape index (κ3) is 3.65. The van der Waals surface area contributed by atoms with Gasteiger partial charge in [0, 0.05) is 10.7 Å². The van der Waals surface area contributed by atoms with Gasteiger partial charge in [-0.1, -0.05) is 12.1 Å². The van der Waals surface area contributed by atoms with E-state index in [0.717, 1.165) is 10.5 Å². The second kappa shape index (κ2) is 6.83. The van der Waals surface area contributed by atoms with Crippen LogP contribution in [-0.2, 0) is 6.18 Å². The van der Waals surface area contributed by atoms with Crippen LogP contribution in [0.2, 0.25) is 0 Å². The summed E-state index contributed by atoms with van der Waals surface area (Å²) in [6, 6.07) is 5.65. The van der Waals surface area contributed by atoms with Gasteiger partial charge in [-0.15, -0.1) is 0 Å². The molecule has 0 bridgehead atoms. The Labute approximate surface area is 157 Å². The summed E-state index contributed by atoms with van der Waals surface area (Å²) in [7, 11) is 0. The third-order valence-corrected chi connectivity index (χ3v) is 4.56.